The third kappa shape index (κ3) is 6.00. The second kappa shape index (κ2) is 7.63. The number of nitrogens with zero attached hydrogens (tertiary/aromatic N) is 1. The van der Waals surface area contributed by atoms with Crippen LogP contribution in [0.15, 0.2) is 0 Å². The molecule has 0 radical (unpaired) electrons. The van der Waals surface area contributed by atoms with Crippen LogP contribution >= 0.6 is 0 Å². The number of hydrogen-bond acceptors (Lipinski definition) is 4. The highest BCUT2D eigenvalue weighted by Crippen LogP contribution is 2.15. The number of piperidine rings is 1. The van der Waals surface area contributed by atoms with Gasteiger partial charge in [-0.2, -0.15) is 0 Å². The van der Waals surface area contributed by atoms with Crippen molar-refractivity contribution in [2.24, 2.45) is 5.92 Å². The first-order valence-electron chi connectivity index (χ1n) is 6.28. The van der Waals surface area contributed by atoms with Crippen molar-refractivity contribution >= 4 is 5.97 Å². The molecule has 1 fully saturated rings. The molecule has 0 aromatic heterocycles. The standard InChI is InChI=1S/C12H23NO4/c1-10(9-14)8-13-5-2-11(3-6-13)17-7-4-12(15)16/h10-11,14H,2-9H2,1H3,(H,15,16). The van der Waals surface area contributed by atoms with E-state index in [0.717, 1.165) is 32.5 Å². The van der Waals surface area contributed by atoms with E-state index in [1.165, 1.54) is 0 Å². The Hall–Kier alpha value is -0.650. The minimum absolute atomic E-state index is 0.0851. The lowest BCUT2D eigenvalue weighted by Gasteiger charge is -2.33. The first-order valence-corrected chi connectivity index (χ1v) is 6.28. The van der Waals surface area contributed by atoms with Crippen molar-refractivity contribution in [2.75, 3.05) is 32.8 Å². The molecule has 1 unspecified atom stereocenters. The molecule has 1 aliphatic rings. The van der Waals surface area contributed by atoms with Crippen LogP contribution in [0.4, 0.5) is 0 Å². The van der Waals surface area contributed by atoms with Gasteiger partial charge in [-0.1, -0.05) is 6.92 Å². The quantitative estimate of drug-likeness (QED) is 0.686. The minimum atomic E-state index is -0.806. The number of ether oxygens (including phenoxy) is 1. The van der Waals surface area contributed by atoms with E-state index in [0.29, 0.717) is 12.5 Å². The van der Waals surface area contributed by atoms with Gasteiger partial charge in [0.15, 0.2) is 0 Å². The summed E-state index contributed by atoms with van der Waals surface area (Å²) in [5, 5.41) is 17.5. The normalized spacial score (nSPS) is 20.4. The van der Waals surface area contributed by atoms with Gasteiger partial charge in [-0.05, 0) is 18.8 Å². The number of carboxylic acid groups (broad SMARTS) is 1. The van der Waals surface area contributed by atoms with Crippen LogP contribution in [0.25, 0.3) is 0 Å². The molecule has 0 bridgehead atoms. The summed E-state index contributed by atoms with van der Waals surface area (Å²) in [5.41, 5.74) is 0. The monoisotopic (exact) mass is 245 g/mol. The molecule has 1 saturated heterocycles. The van der Waals surface area contributed by atoms with E-state index >= 15 is 0 Å². The van der Waals surface area contributed by atoms with E-state index in [2.05, 4.69) is 4.90 Å². The van der Waals surface area contributed by atoms with Gasteiger partial charge in [0.25, 0.3) is 0 Å². The van der Waals surface area contributed by atoms with Crippen LogP contribution in [-0.4, -0.2) is 60.0 Å². The van der Waals surface area contributed by atoms with Crippen LogP contribution in [0, 0.1) is 5.92 Å². The smallest absolute Gasteiger partial charge is 0.305 e. The number of carboxylic acids is 1. The van der Waals surface area contributed by atoms with Gasteiger partial charge in [0.1, 0.15) is 0 Å². The number of aliphatic hydroxyl groups is 1. The van der Waals surface area contributed by atoms with Gasteiger partial charge in [-0.3, -0.25) is 4.79 Å². The SMILES string of the molecule is CC(CO)CN1CCC(OCCC(=O)O)CC1. The van der Waals surface area contributed by atoms with Crippen molar-refractivity contribution in [3.8, 4) is 0 Å². The predicted molar refractivity (Wildman–Crippen MR) is 63.9 cm³/mol. The highest BCUT2D eigenvalue weighted by atomic mass is 16.5. The van der Waals surface area contributed by atoms with Crippen LogP contribution in [0.1, 0.15) is 26.2 Å². The summed E-state index contributed by atoms with van der Waals surface area (Å²) in [6.07, 6.45) is 2.20. The van der Waals surface area contributed by atoms with Crippen molar-refractivity contribution < 1.29 is 19.7 Å². The Kier molecular flexibility index (Phi) is 6.47. The van der Waals surface area contributed by atoms with E-state index in [-0.39, 0.29) is 19.1 Å². The summed E-state index contributed by atoms with van der Waals surface area (Å²) < 4.78 is 5.52. The molecule has 1 aliphatic heterocycles. The van der Waals surface area contributed by atoms with Gasteiger partial charge in [-0.25, -0.2) is 0 Å². The molecule has 17 heavy (non-hydrogen) atoms. The van der Waals surface area contributed by atoms with Crippen molar-refractivity contribution in [1.29, 1.82) is 0 Å². The second-order valence-electron chi connectivity index (χ2n) is 4.80. The van der Waals surface area contributed by atoms with Gasteiger partial charge in [0.05, 0.1) is 19.1 Å². The van der Waals surface area contributed by atoms with Crippen LogP contribution < -0.4 is 0 Å². The van der Waals surface area contributed by atoms with Crippen molar-refractivity contribution in [1.82, 2.24) is 4.90 Å². The van der Waals surface area contributed by atoms with E-state index in [1.54, 1.807) is 0 Å². The molecule has 0 saturated carbocycles. The molecule has 0 aromatic rings. The summed E-state index contributed by atoms with van der Waals surface area (Å²) in [6, 6.07) is 0. The molecule has 0 amide bonds. The molecule has 1 atom stereocenters. The molecule has 0 aromatic carbocycles. The van der Waals surface area contributed by atoms with Gasteiger partial charge in [0, 0.05) is 26.2 Å². The minimum Gasteiger partial charge on any atom is -0.481 e. The van der Waals surface area contributed by atoms with Crippen LogP contribution in [0.3, 0.4) is 0 Å². The lowest BCUT2D eigenvalue weighted by molar-refractivity contribution is -0.138. The number of rotatable bonds is 7. The van der Waals surface area contributed by atoms with Gasteiger partial charge in [0.2, 0.25) is 0 Å². The van der Waals surface area contributed by atoms with E-state index in [4.69, 9.17) is 14.9 Å². The van der Waals surface area contributed by atoms with E-state index in [1.807, 2.05) is 6.92 Å². The van der Waals surface area contributed by atoms with Gasteiger partial charge < -0.3 is 19.8 Å². The van der Waals surface area contributed by atoms with Gasteiger partial charge >= 0.3 is 5.97 Å². The summed E-state index contributed by atoms with van der Waals surface area (Å²) in [6.45, 7) is 5.46. The maximum absolute atomic E-state index is 10.3. The average molecular weight is 245 g/mol. The molecule has 0 spiro atoms. The van der Waals surface area contributed by atoms with Crippen LogP contribution in [0.2, 0.25) is 0 Å². The van der Waals surface area contributed by atoms with E-state index in [9.17, 15) is 4.79 Å². The lowest BCUT2D eigenvalue weighted by Crippen LogP contribution is -2.40. The van der Waals surface area contributed by atoms with Crippen molar-refractivity contribution in [2.45, 2.75) is 32.3 Å². The fourth-order valence-electron chi connectivity index (χ4n) is 2.07. The molecular weight excluding hydrogens is 222 g/mol. The summed E-state index contributed by atoms with van der Waals surface area (Å²) in [7, 11) is 0. The Bertz CT molecular complexity index is 227. The van der Waals surface area contributed by atoms with Crippen molar-refractivity contribution in [3.63, 3.8) is 0 Å². The first-order chi connectivity index (χ1) is 8.11. The third-order valence-corrected chi connectivity index (χ3v) is 3.09. The molecule has 100 valence electrons. The summed E-state index contributed by atoms with van der Waals surface area (Å²) >= 11 is 0. The number of aliphatic carboxylic acids is 1. The van der Waals surface area contributed by atoms with Gasteiger partial charge in [-0.15, -0.1) is 0 Å². The summed E-state index contributed by atoms with van der Waals surface area (Å²) in [5.74, 6) is -0.487. The highest BCUT2D eigenvalue weighted by Gasteiger charge is 2.20. The van der Waals surface area contributed by atoms with Crippen LogP contribution in [-0.2, 0) is 9.53 Å². The Labute approximate surface area is 102 Å². The maximum atomic E-state index is 10.3. The lowest BCUT2D eigenvalue weighted by atomic mass is 10.1. The molecule has 1 rings (SSSR count). The Morgan fingerprint density at radius 2 is 2.12 bits per heavy atom. The fraction of sp³-hybridized carbons (Fsp3) is 0.917. The number of aliphatic hydroxyl groups excluding tert-OH is 1. The predicted octanol–water partition coefficient (Wildman–Crippen LogP) is 0.570. The molecule has 2 N–H and O–H groups in total. The van der Waals surface area contributed by atoms with Crippen LogP contribution in [0.5, 0.6) is 0 Å². The molecular formula is C12H23NO4. The fourth-order valence-corrected chi connectivity index (χ4v) is 2.07. The second-order valence-corrected chi connectivity index (χ2v) is 4.80. The zero-order valence-corrected chi connectivity index (χ0v) is 10.5. The molecule has 5 nitrogen and oxygen atoms in total. The molecule has 5 heteroatoms. The van der Waals surface area contributed by atoms with E-state index < -0.39 is 5.97 Å². The molecule has 1 heterocycles. The largest absolute Gasteiger partial charge is 0.481 e. The number of hydrogen-bond donors (Lipinski definition) is 2. The topological polar surface area (TPSA) is 70.0 Å². The Morgan fingerprint density at radius 1 is 1.47 bits per heavy atom. The zero-order valence-electron chi connectivity index (χ0n) is 10.5. The molecule has 0 aliphatic carbocycles. The Balaban J connectivity index is 2.11. The maximum Gasteiger partial charge on any atom is 0.305 e. The first kappa shape index (κ1) is 14.4. The number of carbonyl (C=O) groups is 1. The average Bonchev–Trinajstić information content (AvgIpc) is 2.31. The summed E-state index contributed by atoms with van der Waals surface area (Å²) in [4.78, 5) is 12.7. The van der Waals surface area contributed by atoms with Crippen molar-refractivity contribution in [3.05, 3.63) is 0 Å². The highest BCUT2D eigenvalue weighted by molar-refractivity contribution is 5.66. The third-order valence-electron chi connectivity index (χ3n) is 3.09. The number of likely N-dealkylation sites (tertiary alicyclic amines) is 1. The Morgan fingerprint density at radius 3 is 2.65 bits per heavy atom. The zero-order chi connectivity index (χ0) is 12.7.